The van der Waals surface area contributed by atoms with Crippen LogP contribution < -0.4 is 5.32 Å². The Kier molecular flexibility index (Phi) is 7.68. The van der Waals surface area contributed by atoms with Gasteiger partial charge >= 0.3 is 0 Å². The van der Waals surface area contributed by atoms with Crippen LogP contribution >= 0.6 is 0 Å². The number of pyridine rings is 1. The molecule has 0 aliphatic heterocycles. The minimum Gasteiger partial charge on any atom is -0.315 e. The molecule has 0 spiro atoms. The maximum absolute atomic E-state index is 4.41. The number of nitrogens with one attached hydrogen (secondary N) is 1. The molecule has 1 rings (SSSR count). The molecule has 1 aromatic rings. The molecule has 0 radical (unpaired) electrons. The van der Waals surface area contributed by atoms with Crippen LogP contribution in [0.2, 0.25) is 0 Å². The van der Waals surface area contributed by atoms with Crippen LogP contribution in [0.1, 0.15) is 46.2 Å². The standard InChI is InChI=1S/C16H29N3/c1-5-19(13-16-10-6-7-11-18-16)15(4)9-8-12-17-14(2)3/h6-7,10-11,14-15,17H,5,8-9,12-13H2,1-4H3. The first kappa shape index (κ1) is 16.1. The first-order valence-corrected chi connectivity index (χ1v) is 7.50. The predicted octanol–water partition coefficient (Wildman–Crippen LogP) is 3.07. The Bertz CT molecular complexity index is 324. The van der Waals surface area contributed by atoms with Crippen LogP contribution in [0.15, 0.2) is 24.4 Å². The van der Waals surface area contributed by atoms with Crippen LogP contribution in [0, 0.1) is 0 Å². The van der Waals surface area contributed by atoms with Gasteiger partial charge in [-0.05, 0) is 45.0 Å². The molecule has 0 aromatic carbocycles. The van der Waals surface area contributed by atoms with Gasteiger partial charge in [0.1, 0.15) is 0 Å². The summed E-state index contributed by atoms with van der Waals surface area (Å²) in [7, 11) is 0. The summed E-state index contributed by atoms with van der Waals surface area (Å²) in [5.41, 5.74) is 1.16. The van der Waals surface area contributed by atoms with Gasteiger partial charge in [-0.15, -0.1) is 0 Å². The molecular formula is C16H29N3. The van der Waals surface area contributed by atoms with Crippen molar-refractivity contribution in [2.45, 2.75) is 59.2 Å². The van der Waals surface area contributed by atoms with Crippen molar-refractivity contribution in [3.05, 3.63) is 30.1 Å². The largest absolute Gasteiger partial charge is 0.315 e. The highest BCUT2D eigenvalue weighted by atomic mass is 15.1. The van der Waals surface area contributed by atoms with Crippen molar-refractivity contribution in [3.8, 4) is 0 Å². The van der Waals surface area contributed by atoms with Gasteiger partial charge in [0.05, 0.1) is 5.69 Å². The van der Waals surface area contributed by atoms with Crippen molar-refractivity contribution in [1.82, 2.24) is 15.2 Å². The van der Waals surface area contributed by atoms with E-state index in [1.165, 1.54) is 12.8 Å². The Morgan fingerprint density at radius 2 is 2.05 bits per heavy atom. The lowest BCUT2D eigenvalue weighted by Crippen LogP contribution is -2.33. The molecule has 0 saturated carbocycles. The monoisotopic (exact) mass is 263 g/mol. The average molecular weight is 263 g/mol. The van der Waals surface area contributed by atoms with Crippen LogP contribution in [-0.2, 0) is 6.54 Å². The molecule has 1 unspecified atom stereocenters. The van der Waals surface area contributed by atoms with Crippen molar-refractivity contribution in [1.29, 1.82) is 0 Å². The van der Waals surface area contributed by atoms with E-state index in [2.05, 4.69) is 55.0 Å². The maximum Gasteiger partial charge on any atom is 0.0544 e. The van der Waals surface area contributed by atoms with Crippen LogP contribution in [-0.4, -0.2) is 35.1 Å². The number of aromatic nitrogens is 1. The lowest BCUT2D eigenvalue weighted by molar-refractivity contribution is 0.196. The van der Waals surface area contributed by atoms with E-state index in [-0.39, 0.29) is 0 Å². The molecule has 0 aliphatic rings. The summed E-state index contributed by atoms with van der Waals surface area (Å²) in [4.78, 5) is 6.91. The summed E-state index contributed by atoms with van der Waals surface area (Å²) in [6.45, 7) is 12.1. The van der Waals surface area contributed by atoms with Crippen LogP contribution in [0.5, 0.6) is 0 Å². The molecule has 0 fully saturated rings. The molecule has 1 heterocycles. The molecule has 19 heavy (non-hydrogen) atoms. The average Bonchev–Trinajstić information content (AvgIpc) is 2.41. The molecule has 3 heteroatoms. The zero-order chi connectivity index (χ0) is 14.1. The summed E-state index contributed by atoms with van der Waals surface area (Å²) in [5, 5.41) is 3.48. The van der Waals surface area contributed by atoms with Gasteiger partial charge < -0.3 is 5.32 Å². The summed E-state index contributed by atoms with van der Waals surface area (Å²) in [5.74, 6) is 0. The van der Waals surface area contributed by atoms with Crippen molar-refractivity contribution in [2.75, 3.05) is 13.1 Å². The van der Waals surface area contributed by atoms with Crippen LogP contribution in [0.4, 0.5) is 0 Å². The highest BCUT2D eigenvalue weighted by Gasteiger charge is 2.12. The summed E-state index contributed by atoms with van der Waals surface area (Å²) >= 11 is 0. The minimum atomic E-state index is 0.589. The SMILES string of the molecule is CCN(Cc1ccccn1)C(C)CCCNC(C)C. The van der Waals surface area contributed by atoms with Gasteiger partial charge in [0, 0.05) is 24.8 Å². The lowest BCUT2D eigenvalue weighted by atomic mass is 10.1. The fourth-order valence-corrected chi connectivity index (χ4v) is 2.25. The van der Waals surface area contributed by atoms with E-state index >= 15 is 0 Å². The fraction of sp³-hybridized carbons (Fsp3) is 0.688. The molecule has 0 saturated heterocycles. The maximum atomic E-state index is 4.41. The zero-order valence-corrected chi connectivity index (χ0v) is 12.9. The van der Waals surface area contributed by atoms with Crippen LogP contribution in [0.3, 0.4) is 0 Å². The van der Waals surface area contributed by atoms with Gasteiger partial charge in [0.15, 0.2) is 0 Å². The van der Waals surface area contributed by atoms with E-state index < -0.39 is 0 Å². The smallest absolute Gasteiger partial charge is 0.0544 e. The van der Waals surface area contributed by atoms with Gasteiger partial charge in [-0.1, -0.05) is 26.8 Å². The Morgan fingerprint density at radius 3 is 2.63 bits per heavy atom. The number of rotatable bonds is 9. The number of hydrogen-bond donors (Lipinski definition) is 1. The molecule has 108 valence electrons. The second-order valence-corrected chi connectivity index (χ2v) is 5.48. The topological polar surface area (TPSA) is 28.2 Å². The normalized spacial score (nSPS) is 13.2. The fourth-order valence-electron chi connectivity index (χ4n) is 2.25. The predicted molar refractivity (Wildman–Crippen MR) is 82.2 cm³/mol. The molecule has 1 atom stereocenters. The third-order valence-electron chi connectivity index (χ3n) is 3.47. The third-order valence-corrected chi connectivity index (χ3v) is 3.47. The minimum absolute atomic E-state index is 0.589. The zero-order valence-electron chi connectivity index (χ0n) is 12.9. The number of hydrogen-bond acceptors (Lipinski definition) is 3. The van der Waals surface area contributed by atoms with Gasteiger partial charge in [0.25, 0.3) is 0 Å². The summed E-state index contributed by atoms with van der Waals surface area (Å²) in [6.07, 6.45) is 4.35. The van der Waals surface area contributed by atoms with Gasteiger partial charge in [-0.3, -0.25) is 9.88 Å². The van der Waals surface area contributed by atoms with E-state index in [9.17, 15) is 0 Å². The second-order valence-electron chi connectivity index (χ2n) is 5.48. The molecule has 1 aromatic heterocycles. The van der Waals surface area contributed by atoms with Gasteiger partial charge in [-0.25, -0.2) is 0 Å². The molecule has 0 amide bonds. The van der Waals surface area contributed by atoms with Crippen LogP contribution in [0.25, 0.3) is 0 Å². The first-order chi connectivity index (χ1) is 9.13. The third kappa shape index (κ3) is 6.69. The molecule has 0 aliphatic carbocycles. The summed E-state index contributed by atoms with van der Waals surface area (Å²) in [6, 6.07) is 7.34. The molecule has 0 bridgehead atoms. The highest BCUT2D eigenvalue weighted by Crippen LogP contribution is 2.10. The van der Waals surface area contributed by atoms with Gasteiger partial charge in [-0.2, -0.15) is 0 Å². The van der Waals surface area contributed by atoms with Crippen molar-refractivity contribution in [2.24, 2.45) is 0 Å². The van der Waals surface area contributed by atoms with Crippen molar-refractivity contribution >= 4 is 0 Å². The quantitative estimate of drug-likeness (QED) is 0.694. The second kappa shape index (κ2) is 9.05. The summed E-state index contributed by atoms with van der Waals surface area (Å²) < 4.78 is 0. The van der Waals surface area contributed by atoms with Crippen molar-refractivity contribution in [3.63, 3.8) is 0 Å². The Labute approximate surface area is 118 Å². The lowest BCUT2D eigenvalue weighted by Gasteiger charge is -2.27. The van der Waals surface area contributed by atoms with E-state index in [0.717, 1.165) is 25.3 Å². The molecule has 3 nitrogen and oxygen atoms in total. The van der Waals surface area contributed by atoms with E-state index in [4.69, 9.17) is 0 Å². The van der Waals surface area contributed by atoms with E-state index in [0.29, 0.717) is 12.1 Å². The molecule has 1 N–H and O–H groups in total. The van der Waals surface area contributed by atoms with Crippen molar-refractivity contribution < 1.29 is 0 Å². The van der Waals surface area contributed by atoms with E-state index in [1.807, 2.05) is 12.3 Å². The highest BCUT2D eigenvalue weighted by molar-refractivity contribution is 5.03. The Balaban J connectivity index is 2.33. The van der Waals surface area contributed by atoms with Gasteiger partial charge in [0.2, 0.25) is 0 Å². The molecular weight excluding hydrogens is 234 g/mol. The Morgan fingerprint density at radius 1 is 1.26 bits per heavy atom. The van der Waals surface area contributed by atoms with E-state index in [1.54, 1.807) is 0 Å². The first-order valence-electron chi connectivity index (χ1n) is 7.50. The Hall–Kier alpha value is -0.930. The number of nitrogens with zero attached hydrogens (tertiary/aromatic N) is 2.